The highest BCUT2D eigenvalue weighted by atomic mass is 79.9. The lowest BCUT2D eigenvalue weighted by atomic mass is 9.88. The van der Waals surface area contributed by atoms with Gasteiger partial charge in [0, 0.05) is 23.0 Å². The molecule has 3 nitrogen and oxygen atoms in total. The van der Waals surface area contributed by atoms with Crippen molar-refractivity contribution in [3.63, 3.8) is 0 Å². The first kappa shape index (κ1) is 14.1. The second kappa shape index (κ2) is 5.86. The summed E-state index contributed by atoms with van der Waals surface area (Å²) in [6, 6.07) is 8.66. The number of hydrogen-bond donors (Lipinski definition) is 1. The Hall–Kier alpha value is -0.870. The van der Waals surface area contributed by atoms with Gasteiger partial charge in [0.25, 0.3) is 0 Å². The SMILES string of the molecule is CC(C(=O)N(Cc1ccccc1Br)C1CC1)C1CNC1. The van der Waals surface area contributed by atoms with Crippen LogP contribution in [0.4, 0.5) is 0 Å². The summed E-state index contributed by atoms with van der Waals surface area (Å²) >= 11 is 3.59. The largest absolute Gasteiger partial charge is 0.335 e. The molecule has 0 spiro atoms. The minimum Gasteiger partial charge on any atom is -0.335 e. The van der Waals surface area contributed by atoms with Crippen LogP contribution >= 0.6 is 15.9 Å². The molecule has 108 valence electrons. The molecule has 1 heterocycles. The van der Waals surface area contributed by atoms with Crippen molar-refractivity contribution in [3.05, 3.63) is 34.3 Å². The zero-order valence-corrected chi connectivity index (χ0v) is 13.4. The fraction of sp³-hybridized carbons (Fsp3) is 0.562. The predicted molar refractivity (Wildman–Crippen MR) is 83.2 cm³/mol. The molecule has 1 aromatic rings. The fourth-order valence-corrected chi connectivity index (χ4v) is 3.12. The Labute approximate surface area is 128 Å². The molecule has 1 aliphatic carbocycles. The summed E-state index contributed by atoms with van der Waals surface area (Å²) in [5.74, 6) is 0.983. The van der Waals surface area contributed by atoms with Gasteiger partial charge in [0.2, 0.25) is 5.91 Å². The van der Waals surface area contributed by atoms with E-state index in [2.05, 4.69) is 39.1 Å². The van der Waals surface area contributed by atoms with Crippen LogP contribution in [0.1, 0.15) is 25.3 Å². The highest BCUT2D eigenvalue weighted by Crippen LogP contribution is 2.32. The molecule has 1 saturated carbocycles. The summed E-state index contributed by atoms with van der Waals surface area (Å²) < 4.78 is 1.09. The third-order valence-corrected chi connectivity index (χ3v) is 5.25. The minimum atomic E-state index is 0.138. The first-order valence-electron chi connectivity index (χ1n) is 7.41. The zero-order valence-electron chi connectivity index (χ0n) is 11.8. The Morgan fingerprint density at radius 2 is 2.10 bits per heavy atom. The van der Waals surface area contributed by atoms with Gasteiger partial charge in [-0.05, 0) is 43.5 Å². The molecule has 2 aliphatic rings. The molecule has 1 N–H and O–H groups in total. The van der Waals surface area contributed by atoms with Gasteiger partial charge in [-0.25, -0.2) is 0 Å². The maximum absolute atomic E-state index is 12.8. The number of carbonyl (C=O) groups is 1. The topological polar surface area (TPSA) is 32.3 Å². The summed E-state index contributed by atoms with van der Waals surface area (Å²) in [5, 5.41) is 3.26. The van der Waals surface area contributed by atoms with Gasteiger partial charge in [-0.3, -0.25) is 4.79 Å². The van der Waals surface area contributed by atoms with Gasteiger partial charge < -0.3 is 10.2 Å². The molecule has 1 saturated heterocycles. The Kier molecular flexibility index (Phi) is 4.13. The van der Waals surface area contributed by atoms with E-state index in [0.717, 1.165) is 36.9 Å². The monoisotopic (exact) mass is 336 g/mol. The number of amides is 1. The molecule has 1 amide bonds. The Morgan fingerprint density at radius 3 is 2.65 bits per heavy atom. The van der Waals surface area contributed by atoms with Crippen molar-refractivity contribution < 1.29 is 4.79 Å². The summed E-state index contributed by atoms with van der Waals surface area (Å²) in [4.78, 5) is 14.9. The third kappa shape index (κ3) is 2.91. The number of nitrogens with one attached hydrogen (secondary N) is 1. The standard InChI is InChI=1S/C16H21BrN2O/c1-11(13-8-18-9-13)16(20)19(14-6-7-14)10-12-4-2-3-5-15(12)17/h2-5,11,13-14,18H,6-10H2,1H3. The number of halogens is 1. The second-order valence-corrected chi connectivity index (χ2v) is 6.85. The van der Waals surface area contributed by atoms with Gasteiger partial charge in [0.1, 0.15) is 0 Å². The quantitative estimate of drug-likeness (QED) is 0.896. The smallest absolute Gasteiger partial charge is 0.226 e. The highest BCUT2D eigenvalue weighted by molar-refractivity contribution is 9.10. The number of nitrogens with zero attached hydrogens (tertiary/aromatic N) is 1. The summed E-state index contributed by atoms with van der Waals surface area (Å²) in [5.41, 5.74) is 1.20. The van der Waals surface area contributed by atoms with Crippen LogP contribution in [0, 0.1) is 11.8 Å². The van der Waals surface area contributed by atoms with E-state index in [9.17, 15) is 4.79 Å². The molecular formula is C16H21BrN2O. The molecular weight excluding hydrogens is 316 g/mol. The van der Waals surface area contributed by atoms with E-state index in [4.69, 9.17) is 0 Å². The van der Waals surface area contributed by atoms with Crippen molar-refractivity contribution >= 4 is 21.8 Å². The molecule has 0 bridgehead atoms. The highest BCUT2D eigenvalue weighted by Gasteiger charge is 2.38. The second-order valence-electron chi connectivity index (χ2n) is 6.00. The van der Waals surface area contributed by atoms with Crippen LogP contribution < -0.4 is 5.32 Å². The molecule has 1 atom stereocenters. The first-order chi connectivity index (χ1) is 9.66. The van der Waals surface area contributed by atoms with Crippen LogP contribution in [-0.4, -0.2) is 29.9 Å². The average molecular weight is 337 g/mol. The summed E-state index contributed by atoms with van der Waals surface area (Å²) in [6.07, 6.45) is 2.32. The summed E-state index contributed by atoms with van der Waals surface area (Å²) in [6.45, 7) is 4.79. The van der Waals surface area contributed by atoms with Gasteiger partial charge in [-0.15, -0.1) is 0 Å². The molecule has 3 rings (SSSR count). The number of carbonyl (C=O) groups excluding carboxylic acids is 1. The van der Waals surface area contributed by atoms with Gasteiger partial charge in [0.15, 0.2) is 0 Å². The fourth-order valence-electron chi connectivity index (χ4n) is 2.71. The molecule has 4 heteroatoms. The third-order valence-electron chi connectivity index (χ3n) is 4.48. The van der Waals surface area contributed by atoms with Crippen molar-refractivity contribution in [2.45, 2.75) is 32.4 Å². The van der Waals surface area contributed by atoms with Gasteiger partial charge >= 0.3 is 0 Å². The minimum absolute atomic E-state index is 0.138. The maximum atomic E-state index is 12.8. The maximum Gasteiger partial charge on any atom is 0.226 e. The van der Waals surface area contributed by atoms with E-state index in [1.807, 2.05) is 18.2 Å². The zero-order chi connectivity index (χ0) is 14.1. The number of benzene rings is 1. The average Bonchev–Trinajstić information content (AvgIpc) is 3.19. The lowest BCUT2D eigenvalue weighted by Gasteiger charge is -2.35. The lowest BCUT2D eigenvalue weighted by Crippen LogP contribution is -2.50. The summed E-state index contributed by atoms with van der Waals surface area (Å²) in [7, 11) is 0. The van der Waals surface area contributed by atoms with Crippen molar-refractivity contribution in [1.82, 2.24) is 10.2 Å². The van der Waals surface area contributed by atoms with Crippen molar-refractivity contribution in [1.29, 1.82) is 0 Å². The van der Waals surface area contributed by atoms with E-state index in [0.29, 0.717) is 17.9 Å². The van der Waals surface area contributed by atoms with E-state index in [1.165, 1.54) is 5.56 Å². The van der Waals surface area contributed by atoms with E-state index in [-0.39, 0.29) is 5.92 Å². The molecule has 0 radical (unpaired) electrons. The normalized spacial score (nSPS) is 20.3. The van der Waals surface area contributed by atoms with Gasteiger partial charge in [0.05, 0.1) is 0 Å². The van der Waals surface area contributed by atoms with Crippen molar-refractivity contribution in [3.8, 4) is 0 Å². The Morgan fingerprint density at radius 1 is 1.40 bits per heavy atom. The number of rotatable bonds is 5. The van der Waals surface area contributed by atoms with Crippen LogP contribution in [0.25, 0.3) is 0 Å². The molecule has 20 heavy (non-hydrogen) atoms. The van der Waals surface area contributed by atoms with Gasteiger partial charge in [-0.1, -0.05) is 41.1 Å². The lowest BCUT2D eigenvalue weighted by molar-refractivity contribution is -0.138. The van der Waals surface area contributed by atoms with E-state index >= 15 is 0 Å². The predicted octanol–water partition coefficient (Wildman–Crippen LogP) is 2.80. The Bertz CT molecular complexity index is 497. The first-order valence-corrected chi connectivity index (χ1v) is 8.20. The van der Waals surface area contributed by atoms with Crippen LogP contribution in [0.2, 0.25) is 0 Å². The molecule has 1 unspecified atom stereocenters. The van der Waals surface area contributed by atoms with Crippen molar-refractivity contribution in [2.24, 2.45) is 11.8 Å². The van der Waals surface area contributed by atoms with E-state index in [1.54, 1.807) is 0 Å². The van der Waals surface area contributed by atoms with Gasteiger partial charge in [-0.2, -0.15) is 0 Å². The van der Waals surface area contributed by atoms with Crippen LogP contribution in [0.3, 0.4) is 0 Å². The molecule has 2 fully saturated rings. The molecule has 1 aliphatic heterocycles. The van der Waals surface area contributed by atoms with Crippen LogP contribution in [-0.2, 0) is 11.3 Å². The van der Waals surface area contributed by atoms with Crippen LogP contribution in [0.5, 0.6) is 0 Å². The molecule has 0 aromatic heterocycles. The Balaban J connectivity index is 1.72. The molecule has 1 aromatic carbocycles. The number of hydrogen-bond acceptors (Lipinski definition) is 2. The van der Waals surface area contributed by atoms with Crippen LogP contribution in [0.15, 0.2) is 28.7 Å². The van der Waals surface area contributed by atoms with Crippen molar-refractivity contribution in [2.75, 3.05) is 13.1 Å². The van der Waals surface area contributed by atoms with E-state index < -0.39 is 0 Å².